The fraction of sp³-hybridized carbons (Fsp3) is 0.364. The highest BCUT2D eigenvalue weighted by molar-refractivity contribution is 5.89. The van der Waals surface area contributed by atoms with Crippen molar-refractivity contribution in [3.63, 3.8) is 0 Å². The molecule has 31 heavy (non-hydrogen) atoms. The van der Waals surface area contributed by atoms with Gasteiger partial charge in [0.15, 0.2) is 5.96 Å². The van der Waals surface area contributed by atoms with Gasteiger partial charge in [-0.2, -0.15) is 13.2 Å². The first-order valence-corrected chi connectivity index (χ1v) is 9.65. The van der Waals surface area contributed by atoms with E-state index in [0.29, 0.717) is 30.2 Å². The largest absolute Gasteiger partial charge is 0.465 e. The lowest BCUT2D eigenvalue weighted by Gasteiger charge is -2.12. The predicted molar refractivity (Wildman–Crippen MR) is 112 cm³/mol. The Bertz CT molecular complexity index is 851. The van der Waals surface area contributed by atoms with E-state index in [9.17, 15) is 18.0 Å². The van der Waals surface area contributed by atoms with E-state index in [1.54, 1.807) is 31.3 Å². The van der Waals surface area contributed by atoms with Crippen LogP contribution in [0.25, 0.3) is 0 Å². The topological polar surface area (TPSA) is 72.0 Å². The molecule has 2 N–H and O–H groups in total. The van der Waals surface area contributed by atoms with Gasteiger partial charge in [-0.05, 0) is 35.2 Å². The fourth-order valence-electron chi connectivity index (χ4n) is 2.69. The van der Waals surface area contributed by atoms with Crippen molar-refractivity contribution in [2.24, 2.45) is 4.99 Å². The molecule has 0 aliphatic heterocycles. The molecule has 2 aromatic rings. The van der Waals surface area contributed by atoms with E-state index >= 15 is 0 Å². The molecular formula is C22H26F3N3O3. The van der Waals surface area contributed by atoms with E-state index in [1.807, 2.05) is 24.3 Å². The second-order valence-electron chi connectivity index (χ2n) is 6.72. The third-order valence-corrected chi connectivity index (χ3v) is 4.32. The van der Waals surface area contributed by atoms with Gasteiger partial charge in [-0.1, -0.05) is 36.4 Å². The Morgan fingerprint density at radius 1 is 0.968 bits per heavy atom. The first-order valence-electron chi connectivity index (χ1n) is 9.65. The van der Waals surface area contributed by atoms with Crippen molar-refractivity contribution >= 4 is 11.9 Å². The number of hydrogen-bond acceptors (Lipinski definition) is 4. The molecule has 0 unspecified atom stereocenters. The summed E-state index contributed by atoms with van der Waals surface area (Å²) in [5, 5.41) is 6.39. The van der Waals surface area contributed by atoms with Gasteiger partial charge in [0.05, 0.1) is 19.3 Å². The van der Waals surface area contributed by atoms with Crippen LogP contribution < -0.4 is 10.6 Å². The van der Waals surface area contributed by atoms with Crippen LogP contribution in [0.3, 0.4) is 0 Å². The maximum Gasteiger partial charge on any atom is 0.411 e. The van der Waals surface area contributed by atoms with Crippen molar-refractivity contribution in [3.8, 4) is 0 Å². The number of aliphatic imine (C=N–C) groups is 1. The summed E-state index contributed by atoms with van der Waals surface area (Å²) in [7, 11) is 3.02. The number of methoxy groups -OCH3 is 1. The highest BCUT2D eigenvalue weighted by atomic mass is 19.4. The molecule has 0 aliphatic carbocycles. The highest BCUT2D eigenvalue weighted by Crippen LogP contribution is 2.15. The minimum Gasteiger partial charge on any atom is -0.465 e. The lowest BCUT2D eigenvalue weighted by Crippen LogP contribution is -2.37. The molecule has 168 valence electrons. The van der Waals surface area contributed by atoms with E-state index in [1.165, 1.54) is 7.11 Å². The number of nitrogens with zero attached hydrogens (tertiary/aromatic N) is 1. The van der Waals surface area contributed by atoms with Gasteiger partial charge in [0.25, 0.3) is 0 Å². The molecule has 0 amide bonds. The maximum absolute atomic E-state index is 12.1. The van der Waals surface area contributed by atoms with Crippen LogP contribution in [0, 0.1) is 0 Å². The Labute approximate surface area is 179 Å². The van der Waals surface area contributed by atoms with Gasteiger partial charge in [0, 0.05) is 20.1 Å². The zero-order valence-electron chi connectivity index (χ0n) is 17.5. The lowest BCUT2D eigenvalue weighted by atomic mass is 10.1. The van der Waals surface area contributed by atoms with Gasteiger partial charge >= 0.3 is 12.1 Å². The molecule has 0 atom stereocenters. The van der Waals surface area contributed by atoms with Crippen molar-refractivity contribution in [1.29, 1.82) is 0 Å². The Hall–Kier alpha value is -3.07. The number of nitrogens with one attached hydrogen (secondary N) is 2. The van der Waals surface area contributed by atoms with Crippen molar-refractivity contribution < 1.29 is 27.4 Å². The Balaban J connectivity index is 1.72. The molecular weight excluding hydrogens is 411 g/mol. The van der Waals surface area contributed by atoms with E-state index < -0.39 is 12.8 Å². The minimum absolute atomic E-state index is 0.0863. The second kappa shape index (κ2) is 11.9. The van der Waals surface area contributed by atoms with Gasteiger partial charge in [-0.25, -0.2) is 4.79 Å². The second-order valence-corrected chi connectivity index (χ2v) is 6.72. The Kier molecular flexibility index (Phi) is 9.33. The number of hydrogen-bond donors (Lipinski definition) is 2. The number of halogens is 3. The van der Waals surface area contributed by atoms with E-state index in [4.69, 9.17) is 0 Å². The first-order chi connectivity index (χ1) is 14.8. The monoisotopic (exact) mass is 437 g/mol. The minimum atomic E-state index is -4.32. The van der Waals surface area contributed by atoms with Crippen LogP contribution in [0.1, 0.15) is 27.0 Å². The number of ether oxygens (including phenoxy) is 2. The van der Waals surface area contributed by atoms with Crippen LogP contribution in [-0.4, -0.2) is 45.4 Å². The third kappa shape index (κ3) is 9.08. The fourth-order valence-corrected chi connectivity index (χ4v) is 2.69. The number of guanidine groups is 1. The van der Waals surface area contributed by atoms with E-state index in [0.717, 1.165) is 17.5 Å². The number of carbonyl (C=O) groups is 1. The summed E-state index contributed by atoms with van der Waals surface area (Å²) in [6.07, 6.45) is -3.58. The van der Waals surface area contributed by atoms with E-state index in [2.05, 4.69) is 25.1 Å². The Morgan fingerprint density at radius 2 is 1.58 bits per heavy atom. The number of rotatable bonds is 9. The summed E-state index contributed by atoms with van der Waals surface area (Å²) in [5.74, 6) is 0.264. The van der Waals surface area contributed by atoms with Gasteiger partial charge in [0.1, 0.15) is 6.61 Å². The molecule has 2 rings (SSSR count). The van der Waals surface area contributed by atoms with E-state index in [-0.39, 0.29) is 12.6 Å². The van der Waals surface area contributed by atoms with Crippen molar-refractivity contribution in [2.75, 3.05) is 27.3 Å². The number of carbonyl (C=O) groups excluding carboxylic acids is 1. The van der Waals surface area contributed by atoms with Crippen LogP contribution in [0.2, 0.25) is 0 Å². The molecule has 2 aromatic carbocycles. The molecule has 9 heteroatoms. The lowest BCUT2D eigenvalue weighted by molar-refractivity contribution is -0.176. The molecule has 0 saturated heterocycles. The van der Waals surface area contributed by atoms with Crippen LogP contribution in [-0.2, 0) is 29.0 Å². The summed E-state index contributed by atoms with van der Waals surface area (Å²) < 4.78 is 45.7. The molecule has 0 aliphatic rings. The normalized spacial score (nSPS) is 11.8. The van der Waals surface area contributed by atoms with Crippen LogP contribution >= 0.6 is 0 Å². The average molecular weight is 437 g/mol. The molecule has 0 aromatic heterocycles. The number of esters is 1. The zero-order valence-corrected chi connectivity index (χ0v) is 17.5. The van der Waals surface area contributed by atoms with Crippen molar-refractivity contribution in [1.82, 2.24) is 10.6 Å². The van der Waals surface area contributed by atoms with Gasteiger partial charge in [-0.3, -0.25) is 4.99 Å². The maximum atomic E-state index is 12.1. The quantitative estimate of drug-likeness (QED) is 0.357. The predicted octanol–water partition coefficient (Wildman–Crippen LogP) is 3.46. The Morgan fingerprint density at radius 3 is 2.16 bits per heavy atom. The van der Waals surface area contributed by atoms with Crippen molar-refractivity contribution in [3.05, 3.63) is 70.8 Å². The molecule has 0 fully saturated rings. The zero-order chi connectivity index (χ0) is 22.7. The molecule has 0 saturated carbocycles. The first kappa shape index (κ1) is 24.2. The van der Waals surface area contributed by atoms with Crippen LogP contribution in [0.4, 0.5) is 13.2 Å². The van der Waals surface area contributed by atoms with Crippen LogP contribution in [0.15, 0.2) is 53.5 Å². The third-order valence-electron chi connectivity index (χ3n) is 4.32. The molecule has 0 radical (unpaired) electrons. The summed E-state index contributed by atoms with van der Waals surface area (Å²) in [6, 6.07) is 14.3. The van der Waals surface area contributed by atoms with Gasteiger partial charge in [0.2, 0.25) is 0 Å². The van der Waals surface area contributed by atoms with Gasteiger partial charge in [-0.15, -0.1) is 0 Å². The summed E-state index contributed by atoms with van der Waals surface area (Å²) in [4.78, 5) is 15.6. The molecule has 0 spiro atoms. The summed E-state index contributed by atoms with van der Waals surface area (Å²) in [6.45, 7) is -0.186. The number of alkyl halides is 3. The molecule has 0 bridgehead atoms. The van der Waals surface area contributed by atoms with Crippen LogP contribution in [0.5, 0.6) is 0 Å². The smallest absolute Gasteiger partial charge is 0.411 e. The SMILES string of the molecule is CN=C(NCCc1ccc(C(=O)OC)cc1)NCc1ccc(COCC(F)(F)F)cc1. The number of benzene rings is 2. The molecule has 0 heterocycles. The highest BCUT2D eigenvalue weighted by Gasteiger charge is 2.27. The summed E-state index contributed by atoms with van der Waals surface area (Å²) >= 11 is 0. The standard InChI is InChI=1S/C22H26F3N3O3/c1-26-21(27-12-11-16-7-9-19(10-8-16)20(29)30-2)28-13-17-3-5-18(6-4-17)14-31-15-22(23,24)25/h3-10H,11-15H2,1-2H3,(H2,26,27,28). The summed E-state index contributed by atoms with van der Waals surface area (Å²) in [5.41, 5.74) is 3.21. The van der Waals surface area contributed by atoms with Crippen molar-refractivity contribution in [2.45, 2.75) is 25.7 Å². The molecule has 6 nitrogen and oxygen atoms in total. The average Bonchev–Trinajstić information content (AvgIpc) is 2.76. The van der Waals surface area contributed by atoms with Gasteiger partial charge < -0.3 is 20.1 Å².